The fourth-order valence-electron chi connectivity index (χ4n) is 2.27. The van der Waals surface area contributed by atoms with Crippen molar-refractivity contribution in [3.05, 3.63) is 59.2 Å². The minimum Gasteiger partial charge on any atom is -0.396 e. The average molecular weight is 312 g/mol. The molecule has 23 heavy (non-hydrogen) atoms. The molecule has 5 nitrogen and oxygen atoms in total. The van der Waals surface area contributed by atoms with Crippen molar-refractivity contribution in [1.82, 2.24) is 5.32 Å². The SMILES string of the molecule is Cc1ccc(C(=O)NCCCO)cc1-c1ccc(C(N)=O)cc1. The van der Waals surface area contributed by atoms with E-state index in [4.69, 9.17) is 10.8 Å². The summed E-state index contributed by atoms with van der Waals surface area (Å²) in [5.41, 5.74) is 9.12. The van der Waals surface area contributed by atoms with Crippen LogP contribution in [0, 0.1) is 6.92 Å². The van der Waals surface area contributed by atoms with Crippen LogP contribution in [-0.2, 0) is 0 Å². The molecule has 0 radical (unpaired) electrons. The van der Waals surface area contributed by atoms with Crippen LogP contribution in [0.15, 0.2) is 42.5 Å². The normalized spacial score (nSPS) is 10.3. The van der Waals surface area contributed by atoms with E-state index in [9.17, 15) is 9.59 Å². The van der Waals surface area contributed by atoms with E-state index < -0.39 is 5.91 Å². The molecule has 0 bridgehead atoms. The van der Waals surface area contributed by atoms with Gasteiger partial charge in [0.25, 0.3) is 5.91 Å². The molecular formula is C18H20N2O3. The summed E-state index contributed by atoms with van der Waals surface area (Å²) < 4.78 is 0. The number of benzene rings is 2. The fourth-order valence-corrected chi connectivity index (χ4v) is 2.27. The number of primary amides is 1. The fraction of sp³-hybridized carbons (Fsp3) is 0.222. The Hall–Kier alpha value is -2.66. The largest absolute Gasteiger partial charge is 0.396 e. The van der Waals surface area contributed by atoms with Crippen LogP contribution in [0.1, 0.15) is 32.7 Å². The molecule has 0 saturated heterocycles. The summed E-state index contributed by atoms with van der Waals surface area (Å²) >= 11 is 0. The number of amides is 2. The Morgan fingerprint density at radius 1 is 1.09 bits per heavy atom. The second-order valence-corrected chi connectivity index (χ2v) is 5.30. The highest BCUT2D eigenvalue weighted by molar-refractivity contribution is 5.96. The third kappa shape index (κ3) is 4.17. The zero-order valence-corrected chi connectivity index (χ0v) is 13.0. The van der Waals surface area contributed by atoms with Crippen LogP contribution in [0.3, 0.4) is 0 Å². The summed E-state index contributed by atoms with van der Waals surface area (Å²) in [6, 6.07) is 12.5. The zero-order valence-electron chi connectivity index (χ0n) is 13.0. The van der Waals surface area contributed by atoms with E-state index in [0.29, 0.717) is 24.1 Å². The van der Waals surface area contributed by atoms with Crippen molar-refractivity contribution in [2.45, 2.75) is 13.3 Å². The van der Waals surface area contributed by atoms with Crippen LogP contribution in [0.4, 0.5) is 0 Å². The van der Waals surface area contributed by atoms with Crippen molar-refractivity contribution in [3.8, 4) is 11.1 Å². The lowest BCUT2D eigenvalue weighted by atomic mass is 9.97. The maximum absolute atomic E-state index is 12.1. The Morgan fingerprint density at radius 2 is 1.74 bits per heavy atom. The second kappa shape index (κ2) is 7.56. The number of rotatable bonds is 6. The number of hydrogen-bond donors (Lipinski definition) is 3. The molecule has 5 heteroatoms. The summed E-state index contributed by atoms with van der Waals surface area (Å²) in [6.07, 6.45) is 0.527. The first-order valence-electron chi connectivity index (χ1n) is 7.43. The van der Waals surface area contributed by atoms with E-state index >= 15 is 0 Å². The van der Waals surface area contributed by atoms with Crippen LogP contribution < -0.4 is 11.1 Å². The number of aliphatic hydroxyl groups is 1. The van der Waals surface area contributed by atoms with Gasteiger partial charge in [0.2, 0.25) is 5.91 Å². The van der Waals surface area contributed by atoms with Gasteiger partial charge in [0, 0.05) is 24.3 Å². The van der Waals surface area contributed by atoms with Gasteiger partial charge >= 0.3 is 0 Å². The van der Waals surface area contributed by atoms with Gasteiger partial charge in [-0.2, -0.15) is 0 Å². The van der Waals surface area contributed by atoms with E-state index in [1.165, 1.54) is 0 Å². The third-order valence-corrected chi connectivity index (χ3v) is 3.60. The molecule has 0 unspecified atom stereocenters. The van der Waals surface area contributed by atoms with Crippen molar-refractivity contribution in [1.29, 1.82) is 0 Å². The molecule has 0 heterocycles. The third-order valence-electron chi connectivity index (χ3n) is 3.60. The standard InChI is InChI=1S/C18H20N2O3/c1-12-3-4-15(18(23)20-9-2-10-21)11-16(12)13-5-7-14(8-6-13)17(19)22/h3-8,11,21H,2,9-10H2,1H3,(H2,19,22)(H,20,23). The minimum absolute atomic E-state index is 0.0473. The molecule has 4 N–H and O–H groups in total. The van der Waals surface area contributed by atoms with E-state index in [1.807, 2.05) is 31.2 Å². The summed E-state index contributed by atoms with van der Waals surface area (Å²) in [5.74, 6) is -0.640. The molecule has 0 spiro atoms. The second-order valence-electron chi connectivity index (χ2n) is 5.30. The molecule has 2 amide bonds. The van der Waals surface area contributed by atoms with Gasteiger partial charge in [-0.25, -0.2) is 0 Å². The molecule has 2 aromatic carbocycles. The monoisotopic (exact) mass is 312 g/mol. The summed E-state index contributed by atoms with van der Waals surface area (Å²) in [7, 11) is 0. The van der Waals surface area contributed by atoms with E-state index in [1.54, 1.807) is 18.2 Å². The van der Waals surface area contributed by atoms with Crippen molar-refractivity contribution in [3.63, 3.8) is 0 Å². The molecule has 0 fully saturated rings. The van der Waals surface area contributed by atoms with Crippen molar-refractivity contribution in [2.24, 2.45) is 5.73 Å². The summed E-state index contributed by atoms with van der Waals surface area (Å²) in [5, 5.41) is 11.5. The first-order chi connectivity index (χ1) is 11.0. The minimum atomic E-state index is -0.467. The smallest absolute Gasteiger partial charge is 0.251 e. The molecular weight excluding hydrogens is 292 g/mol. The Labute approximate surface area is 135 Å². The van der Waals surface area contributed by atoms with Crippen molar-refractivity contribution >= 4 is 11.8 Å². The van der Waals surface area contributed by atoms with Crippen LogP contribution in [0.5, 0.6) is 0 Å². The zero-order chi connectivity index (χ0) is 16.8. The maximum Gasteiger partial charge on any atom is 0.251 e. The average Bonchev–Trinajstić information content (AvgIpc) is 2.55. The maximum atomic E-state index is 12.1. The topological polar surface area (TPSA) is 92.4 Å². The van der Waals surface area contributed by atoms with Crippen LogP contribution >= 0.6 is 0 Å². The molecule has 0 aliphatic carbocycles. The highest BCUT2D eigenvalue weighted by Gasteiger charge is 2.10. The molecule has 0 aliphatic rings. The Bertz CT molecular complexity index is 709. The molecule has 2 rings (SSSR count). The van der Waals surface area contributed by atoms with Crippen molar-refractivity contribution in [2.75, 3.05) is 13.2 Å². The van der Waals surface area contributed by atoms with E-state index in [0.717, 1.165) is 16.7 Å². The van der Waals surface area contributed by atoms with E-state index in [-0.39, 0.29) is 12.5 Å². The lowest BCUT2D eigenvalue weighted by Crippen LogP contribution is -2.25. The van der Waals surface area contributed by atoms with Crippen LogP contribution in [0.25, 0.3) is 11.1 Å². The number of nitrogens with one attached hydrogen (secondary N) is 1. The van der Waals surface area contributed by atoms with Gasteiger partial charge in [0.15, 0.2) is 0 Å². The first-order valence-corrected chi connectivity index (χ1v) is 7.43. The Kier molecular flexibility index (Phi) is 5.49. The molecule has 2 aromatic rings. The van der Waals surface area contributed by atoms with Gasteiger partial charge in [-0.3, -0.25) is 9.59 Å². The summed E-state index contributed by atoms with van der Waals surface area (Å²) in [6.45, 7) is 2.45. The van der Waals surface area contributed by atoms with Crippen molar-refractivity contribution < 1.29 is 14.7 Å². The van der Waals surface area contributed by atoms with Gasteiger partial charge in [-0.15, -0.1) is 0 Å². The molecule has 0 saturated carbocycles. The molecule has 120 valence electrons. The quantitative estimate of drug-likeness (QED) is 0.711. The van der Waals surface area contributed by atoms with Gasteiger partial charge in [-0.1, -0.05) is 18.2 Å². The lowest BCUT2D eigenvalue weighted by molar-refractivity contribution is 0.0950. The Balaban J connectivity index is 2.26. The van der Waals surface area contributed by atoms with Gasteiger partial charge < -0.3 is 16.2 Å². The van der Waals surface area contributed by atoms with Gasteiger partial charge in [-0.05, 0) is 54.3 Å². The molecule has 0 aliphatic heterocycles. The number of nitrogens with two attached hydrogens (primary N) is 1. The predicted octanol–water partition coefficient (Wildman–Crippen LogP) is 1.87. The van der Waals surface area contributed by atoms with E-state index in [2.05, 4.69) is 5.32 Å². The van der Waals surface area contributed by atoms with Crippen LogP contribution in [-0.4, -0.2) is 30.1 Å². The number of carbonyl (C=O) groups is 2. The van der Waals surface area contributed by atoms with Crippen LogP contribution in [0.2, 0.25) is 0 Å². The molecule has 0 atom stereocenters. The lowest BCUT2D eigenvalue weighted by Gasteiger charge is -2.10. The number of carbonyl (C=O) groups excluding carboxylic acids is 2. The number of aryl methyl sites for hydroxylation is 1. The van der Waals surface area contributed by atoms with Gasteiger partial charge in [0.05, 0.1) is 0 Å². The highest BCUT2D eigenvalue weighted by Crippen LogP contribution is 2.25. The van der Waals surface area contributed by atoms with Gasteiger partial charge in [0.1, 0.15) is 0 Å². The first kappa shape index (κ1) is 16.7. The highest BCUT2D eigenvalue weighted by atomic mass is 16.3. The summed E-state index contributed by atoms with van der Waals surface area (Å²) in [4.78, 5) is 23.2. The molecule has 0 aromatic heterocycles. The predicted molar refractivity (Wildman–Crippen MR) is 89.2 cm³/mol. The number of hydrogen-bond acceptors (Lipinski definition) is 3. The Morgan fingerprint density at radius 3 is 2.35 bits per heavy atom. The number of aliphatic hydroxyl groups excluding tert-OH is 1.